The molecule has 1 fully saturated rings. The van der Waals surface area contributed by atoms with Crippen molar-refractivity contribution < 1.29 is 9.53 Å². The molecule has 3 aromatic rings. The largest absolute Gasteiger partial charge is 0.490 e. The van der Waals surface area contributed by atoms with Crippen LogP contribution in [0.15, 0.2) is 42.7 Å². The van der Waals surface area contributed by atoms with Gasteiger partial charge in [0.15, 0.2) is 0 Å². The Labute approximate surface area is 189 Å². The Morgan fingerprint density at radius 1 is 1.35 bits per heavy atom. The van der Waals surface area contributed by atoms with Crippen LogP contribution in [0.3, 0.4) is 0 Å². The van der Waals surface area contributed by atoms with Crippen LogP contribution < -0.4 is 21.1 Å². The summed E-state index contributed by atoms with van der Waals surface area (Å²) in [4.78, 5) is 16.6. The Hall–Kier alpha value is -2.81. The van der Waals surface area contributed by atoms with E-state index < -0.39 is 0 Å². The molecule has 1 saturated heterocycles. The van der Waals surface area contributed by atoms with Gasteiger partial charge < -0.3 is 21.1 Å². The van der Waals surface area contributed by atoms with Crippen molar-refractivity contribution in [2.45, 2.75) is 18.4 Å². The number of amides is 1. The van der Waals surface area contributed by atoms with Crippen molar-refractivity contribution in [3.63, 3.8) is 0 Å². The predicted octanol–water partition coefficient (Wildman–Crippen LogP) is 3.48. The van der Waals surface area contributed by atoms with Crippen molar-refractivity contribution in [1.82, 2.24) is 20.1 Å². The van der Waals surface area contributed by atoms with Crippen LogP contribution in [0.1, 0.15) is 28.4 Å². The minimum atomic E-state index is -0.318. The first kappa shape index (κ1) is 21.4. The molecule has 0 saturated carbocycles. The molecule has 10 heteroatoms. The molecule has 2 aromatic heterocycles. The number of aromatic nitrogens is 3. The molecule has 1 aliphatic heterocycles. The summed E-state index contributed by atoms with van der Waals surface area (Å²) in [5.41, 5.74) is 7.62. The van der Waals surface area contributed by atoms with Crippen LogP contribution in [0, 0.1) is 0 Å². The van der Waals surface area contributed by atoms with E-state index in [1.807, 2.05) is 7.05 Å². The Bertz CT molecular complexity index is 1100. The van der Waals surface area contributed by atoms with Gasteiger partial charge in [-0.25, -0.2) is 4.98 Å². The third-order valence-corrected chi connectivity index (χ3v) is 5.96. The summed E-state index contributed by atoms with van der Waals surface area (Å²) in [5, 5.41) is 11.8. The van der Waals surface area contributed by atoms with Crippen molar-refractivity contribution in [2.24, 2.45) is 7.05 Å². The predicted molar refractivity (Wildman–Crippen MR) is 121 cm³/mol. The first-order valence-electron chi connectivity index (χ1n) is 9.78. The van der Waals surface area contributed by atoms with E-state index in [1.54, 1.807) is 47.4 Å². The summed E-state index contributed by atoms with van der Waals surface area (Å²) in [5.74, 6) is 0.539. The number of rotatable bonds is 6. The number of ether oxygens (including phenoxy) is 1. The van der Waals surface area contributed by atoms with Crippen molar-refractivity contribution in [1.29, 1.82) is 0 Å². The molecular formula is C21H22Cl2N6O2. The highest BCUT2D eigenvalue weighted by Gasteiger charge is 2.30. The number of aryl methyl sites for hydroxylation is 1. The van der Waals surface area contributed by atoms with Crippen LogP contribution in [0.4, 0.5) is 11.5 Å². The van der Waals surface area contributed by atoms with Crippen LogP contribution >= 0.6 is 23.2 Å². The number of anilines is 2. The average molecular weight is 461 g/mol. The lowest BCUT2D eigenvalue weighted by Gasteiger charge is -2.14. The van der Waals surface area contributed by atoms with E-state index in [-0.39, 0.29) is 23.7 Å². The maximum absolute atomic E-state index is 12.7. The van der Waals surface area contributed by atoms with Crippen LogP contribution in [0.2, 0.25) is 10.0 Å². The fourth-order valence-corrected chi connectivity index (χ4v) is 3.99. The third-order valence-electron chi connectivity index (χ3n) is 5.15. The number of nitrogens with one attached hydrogen (secondary N) is 2. The van der Waals surface area contributed by atoms with Gasteiger partial charge in [-0.2, -0.15) is 5.10 Å². The van der Waals surface area contributed by atoms with Crippen LogP contribution in [-0.4, -0.2) is 39.9 Å². The second kappa shape index (κ2) is 9.13. The first-order valence-corrected chi connectivity index (χ1v) is 10.5. The van der Waals surface area contributed by atoms with Gasteiger partial charge in [0.2, 0.25) is 0 Å². The standard InChI is InChI=1S/C21H22Cl2N6O2/c1-29-10-16(27-21(30)14-4-3-7-25-20(14)24)19(28-29)12-8-13(26-9-12)11-31-17-6-2-5-15(22)18(17)23/h2-7,10,12-13,26H,8-9,11H2,1H3,(H2,24,25)(H,27,30)/t12-,13-/m0/s1. The number of carbonyl (C=O) groups is 1. The maximum Gasteiger partial charge on any atom is 0.259 e. The molecule has 4 rings (SSSR count). The molecule has 1 aliphatic rings. The Morgan fingerprint density at radius 2 is 2.19 bits per heavy atom. The molecule has 2 atom stereocenters. The minimum Gasteiger partial charge on any atom is -0.490 e. The number of pyridine rings is 1. The number of hydrogen-bond acceptors (Lipinski definition) is 6. The van der Waals surface area contributed by atoms with Crippen molar-refractivity contribution in [3.05, 3.63) is 64.0 Å². The molecule has 0 bridgehead atoms. The van der Waals surface area contributed by atoms with Gasteiger partial charge in [-0.1, -0.05) is 29.3 Å². The van der Waals surface area contributed by atoms with Gasteiger partial charge in [0, 0.05) is 37.9 Å². The van der Waals surface area contributed by atoms with E-state index in [2.05, 4.69) is 20.7 Å². The number of nitrogens with two attached hydrogens (primary N) is 1. The fourth-order valence-electron chi connectivity index (χ4n) is 3.64. The van der Waals surface area contributed by atoms with E-state index >= 15 is 0 Å². The van der Waals surface area contributed by atoms with Crippen molar-refractivity contribution in [2.75, 3.05) is 24.2 Å². The average Bonchev–Trinajstić information content (AvgIpc) is 3.35. The van der Waals surface area contributed by atoms with E-state index in [4.69, 9.17) is 33.7 Å². The maximum atomic E-state index is 12.7. The summed E-state index contributed by atoms with van der Waals surface area (Å²) < 4.78 is 7.55. The van der Waals surface area contributed by atoms with E-state index in [0.717, 1.165) is 12.1 Å². The summed E-state index contributed by atoms with van der Waals surface area (Å²) in [6.07, 6.45) is 4.13. The van der Waals surface area contributed by atoms with E-state index in [0.29, 0.717) is 40.2 Å². The van der Waals surface area contributed by atoms with Gasteiger partial charge in [0.1, 0.15) is 23.2 Å². The summed E-state index contributed by atoms with van der Waals surface area (Å²) in [6.45, 7) is 1.16. The normalized spacial score (nSPS) is 18.2. The molecule has 3 heterocycles. The number of halogens is 2. The number of benzene rings is 1. The number of nitrogens with zero attached hydrogens (tertiary/aromatic N) is 3. The summed E-state index contributed by atoms with van der Waals surface area (Å²) in [7, 11) is 1.82. The topological polar surface area (TPSA) is 107 Å². The van der Waals surface area contributed by atoms with Gasteiger partial charge >= 0.3 is 0 Å². The summed E-state index contributed by atoms with van der Waals surface area (Å²) >= 11 is 12.2. The first-order chi connectivity index (χ1) is 14.9. The zero-order valence-electron chi connectivity index (χ0n) is 16.8. The third kappa shape index (κ3) is 4.76. The second-order valence-corrected chi connectivity index (χ2v) is 8.18. The number of carbonyl (C=O) groups excluding carboxylic acids is 1. The van der Waals surface area contributed by atoms with Crippen molar-refractivity contribution in [3.8, 4) is 5.75 Å². The zero-order valence-corrected chi connectivity index (χ0v) is 18.3. The molecule has 31 heavy (non-hydrogen) atoms. The number of nitrogen functional groups attached to an aromatic ring is 1. The smallest absolute Gasteiger partial charge is 0.259 e. The molecule has 1 amide bonds. The lowest BCUT2D eigenvalue weighted by molar-refractivity contribution is 0.102. The zero-order chi connectivity index (χ0) is 22.0. The highest BCUT2D eigenvalue weighted by atomic mass is 35.5. The van der Waals surface area contributed by atoms with E-state index in [9.17, 15) is 4.79 Å². The van der Waals surface area contributed by atoms with Gasteiger partial charge in [-0.05, 0) is 30.7 Å². The lowest BCUT2D eigenvalue weighted by Crippen LogP contribution is -2.28. The van der Waals surface area contributed by atoms with E-state index in [1.165, 1.54) is 0 Å². The van der Waals surface area contributed by atoms with Crippen molar-refractivity contribution >= 4 is 40.6 Å². The van der Waals surface area contributed by atoms with Gasteiger partial charge in [0.25, 0.3) is 5.91 Å². The Morgan fingerprint density at radius 3 is 3.00 bits per heavy atom. The molecule has 0 spiro atoms. The molecule has 0 aliphatic carbocycles. The molecule has 0 unspecified atom stereocenters. The second-order valence-electron chi connectivity index (χ2n) is 7.39. The van der Waals surface area contributed by atoms with Gasteiger partial charge in [-0.15, -0.1) is 0 Å². The SMILES string of the molecule is Cn1cc(NC(=O)c2cccnc2N)c([C@@H]2CN[C@H](COc3cccc(Cl)c3Cl)C2)n1. The molecule has 8 nitrogen and oxygen atoms in total. The monoisotopic (exact) mass is 460 g/mol. The molecule has 162 valence electrons. The summed E-state index contributed by atoms with van der Waals surface area (Å²) in [6, 6.07) is 8.73. The highest BCUT2D eigenvalue weighted by molar-refractivity contribution is 6.42. The van der Waals surface area contributed by atoms with Crippen LogP contribution in [-0.2, 0) is 7.05 Å². The molecule has 1 aromatic carbocycles. The van der Waals surface area contributed by atoms with Crippen LogP contribution in [0.25, 0.3) is 0 Å². The van der Waals surface area contributed by atoms with Crippen LogP contribution in [0.5, 0.6) is 5.75 Å². The highest BCUT2D eigenvalue weighted by Crippen LogP contribution is 2.33. The Kier molecular flexibility index (Phi) is 6.31. The Balaban J connectivity index is 1.42. The molecule has 4 N–H and O–H groups in total. The number of hydrogen-bond donors (Lipinski definition) is 3. The fraction of sp³-hybridized carbons (Fsp3) is 0.286. The minimum absolute atomic E-state index is 0.111. The lowest BCUT2D eigenvalue weighted by atomic mass is 10.0. The van der Waals surface area contributed by atoms with Gasteiger partial charge in [-0.3, -0.25) is 9.48 Å². The quantitative estimate of drug-likeness (QED) is 0.519. The molecular weight excluding hydrogens is 439 g/mol. The molecule has 0 radical (unpaired) electrons. The van der Waals surface area contributed by atoms with Gasteiger partial charge in [0.05, 0.1) is 22.0 Å².